The predicted octanol–water partition coefficient (Wildman–Crippen LogP) is 4.26. The molecule has 1 aromatic heterocycles. The van der Waals surface area contributed by atoms with E-state index in [0.717, 1.165) is 40.2 Å². The number of H-pyrrole nitrogens is 1. The lowest BCUT2D eigenvalue weighted by Gasteiger charge is -2.03. The molecule has 0 radical (unpaired) electrons. The SMILES string of the molecule is CCCCc1cc(Br)c2[nH]c(C(=O)OCC)c(C=O)c2c1. The fourth-order valence-corrected chi connectivity index (χ4v) is 2.95. The number of hydrogen-bond acceptors (Lipinski definition) is 3. The van der Waals surface area contributed by atoms with Crippen molar-refractivity contribution in [1.29, 1.82) is 0 Å². The summed E-state index contributed by atoms with van der Waals surface area (Å²) in [6.07, 6.45) is 3.85. The van der Waals surface area contributed by atoms with Crippen LogP contribution in [-0.4, -0.2) is 23.8 Å². The Morgan fingerprint density at radius 1 is 1.38 bits per heavy atom. The standard InChI is InChI=1S/C16H18BrNO3/c1-3-5-6-10-7-11-12(9-19)15(16(20)21-4-2)18-14(11)13(17)8-10/h7-9,18H,3-6H2,1-2H3. The van der Waals surface area contributed by atoms with Gasteiger partial charge in [-0.15, -0.1) is 0 Å². The average Bonchev–Trinajstić information content (AvgIpc) is 2.84. The minimum atomic E-state index is -0.502. The van der Waals surface area contributed by atoms with Crippen molar-refractivity contribution in [3.8, 4) is 0 Å². The number of unbranched alkanes of at least 4 members (excludes halogenated alkanes) is 1. The van der Waals surface area contributed by atoms with E-state index in [-0.39, 0.29) is 12.3 Å². The first-order valence-corrected chi connectivity index (χ1v) is 7.88. The summed E-state index contributed by atoms with van der Waals surface area (Å²) in [5.74, 6) is -0.502. The zero-order valence-electron chi connectivity index (χ0n) is 12.2. The molecule has 0 unspecified atom stereocenters. The van der Waals surface area contributed by atoms with Gasteiger partial charge in [-0.05, 0) is 53.4 Å². The zero-order valence-corrected chi connectivity index (χ0v) is 13.7. The first-order valence-electron chi connectivity index (χ1n) is 7.08. The highest BCUT2D eigenvalue weighted by molar-refractivity contribution is 9.10. The van der Waals surface area contributed by atoms with Gasteiger partial charge in [-0.1, -0.05) is 13.3 Å². The highest BCUT2D eigenvalue weighted by atomic mass is 79.9. The van der Waals surface area contributed by atoms with Crippen molar-refractivity contribution in [2.75, 3.05) is 6.61 Å². The van der Waals surface area contributed by atoms with E-state index >= 15 is 0 Å². The summed E-state index contributed by atoms with van der Waals surface area (Å²) in [5.41, 5.74) is 2.48. The molecule has 0 spiro atoms. The second-order valence-corrected chi connectivity index (χ2v) is 5.71. The van der Waals surface area contributed by atoms with Crippen LogP contribution in [0.1, 0.15) is 53.1 Å². The number of aryl methyl sites for hydroxylation is 1. The van der Waals surface area contributed by atoms with Crippen molar-refractivity contribution in [1.82, 2.24) is 4.98 Å². The largest absolute Gasteiger partial charge is 0.461 e. The molecule has 21 heavy (non-hydrogen) atoms. The van der Waals surface area contributed by atoms with Crippen molar-refractivity contribution in [3.63, 3.8) is 0 Å². The molecular weight excluding hydrogens is 334 g/mol. The lowest BCUT2D eigenvalue weighted by Crippen LogP contribution is -2.07. The predicted molar refractivity (Wildman–Crippen MR) is 86.0 cm³/mol. The van der Waals surface area contributed by atoms with Gasteiger partial charge in [-0.2, -0.15) is 0 Å². The van der Waals surface area contributed by atoms with Crippen LogP contribution in [0.3, 0.4) is 0 Å². The Kier molecular flexibility index (Phi) is 5.17. The number of carbonyl (C=O) groups is 2. The summed E-state index contributed by atoms with van der Waals surface area (Å²) < 4.78 is 5.84. The molecule has 1 heterocycles. The smallest absolute Gasteiger partial charge is 0.355 e. The summed E-state index contributed by atoms with van der Waals surface area (Å²) in [6.45, 7) is 4.15. The van der Waals surface area contributed by atoms with Gasteiger partial charge >= 0.3 is 5.97 Å². The van der Waals surface area contributed by atoms with Crippen LogP contribution in [0.4, 0.5) is 0 Å². The van der Waals surface area contributed by atoms with Crippen molar-refractivity contribution in [2.45, 2.75) is 33.1 Å². The molecule has 1 aromatic carbocycles. The molecule has 0 fully saturated rings. The third-order valence-corrected chi connectivity index (χ3v) is 4.00. The highest BCUT2D eigenvalue weighted by Crippen LogP contribution is 2.30. The maximum absolute atomic E-state index is 11.9. The van der Waals surface area contributed by atoms with E-state index in [2.05, 4.69) is 27.8 Å². The number of nitrogens with one attached hydrogen (secondary N) is 1. The number of aldehydes is 1. The van der Waals surface area contributed by atoms with E-state index in [1.807, 2.05) is 12.1 Å². The second-order valence-electron chi connectivity index (χ2n) is 4.86. The number of halogens is 1. The van der Waals surface area contributed by atoms with E-state index in [4.69, 9.17) is 4.74 Å². The number of hydrogen-bond donors (Lipinski definition) is 1. The number of rotatable bonds is 6. The van der Waals surface area contributed by atoms with E-state index in [1.165, 1.54) is 0 Å². The number of carbonyl (C=O) groups excluding carboxylic acids is 2. The second kappa shape index (κ2) is 6.89. The van der Waals surface area contributed by atoms with Crippen LogP contribution >= 0.6 is 15.9 Å². The third-order valence-electron chi connectivity index (χ3n) is 3.38. The van der Waals surface area contributed by atoms with Crippen LogP contribution in [0, 0.1) is 0 Å². The number of aromatic amines is 1. The Bertz CT molecular complexity index is 676. The van der Waals surface area contributed by atoms with Crippen molar-refractivity contribution < 1.29 is 14.3 Å². The molecule has 0 aliphatic heterocycles. The normalized spacial score (nSPS) is 10.8. The number of ether oxygens (including phenoxy) is 1. The Labute approximate surface area is 132 Å². The Balaban J connectivity index is 2.56. The maximum atomic E-state index is 11.9. The van der Waals surface area contributed by atoms with Crippen molar-refractivity contribution >= 4 is 39.1 Å². The van der Waals surface area contributed by atoms with Gasteiger partial charge in [0.2, 0.25) is 0 Å². The van der Waals surface area contributed by atoms with Gasteiger partial charge < -0.3 is 9.72 Å². The monoisotopic (exact) mass is 351 g/mol. The summed E-state index contributed by atoms with van der Waals surface area (Å²) in [4.78, 5) is 26.3. The minimum absolute atomic E-state index is 0.218. The number of esters is 1. The van der Waals surface area contributed by atoms with E-state index in [0.29, 0.717) is 11.8 Å². The van der Waals surface area contributed by atoms with E-state index < -0.39 is 5.97 Å². The molecule has 2 rings (SSSR count). The average molecular weight is 352 g/mol. The number of benzene rings is 1. The van der Waals surface area contributed by atoms with Gasteiger partial charge in [0.05, 0.1) is 17.7 Å². The molecule has 0 bridgehead atoms. The Morgan fingerprint density at radius 3 is 2.76 bits per heavy atom. The van der Waals surface area contributed by atoms with Crippen LogP contribution in [0.5, 0.6) is 0 Å². The first kappa shape index (κ1) is 15.8. The quantitative estimate of drug-likeness (QED) is 0.624. The van der Waals surface area contributed by atoms with Crippen LogP contribution in [0.25, 0.3) is 10.9 Å². The molecule has 0 aliphatic carbocycles. The maximum Gasteiger partial charge on any atom is 0.355 e. The Morgan fingerprint density at radius 2 is 2.14 bits per heavy atom. The molecule has 2 aromatic rings. The van der Waals surface area contributed by atoms with Gasteiger partial charge in [-0.25, -0.2) is 4.79 Å². The van der Waals surface area contributed by atoms with Crippen LogP contribution in [-0.2, 0) is 11.2 Å². The molecule has 0 aliphatic rings. The van der Waals surface area contributed by atoms with Gasteiger partial charge in [-0.3, -0.25) is 4.79 Å². The molecular formula is C16H18BrNO3. The van der Waals surface area contributed by atoms with Crippen LogP contribution in [0.2, 0.25) is 0 Å². The lowest BCUT2D eigenvalue weighted by molar-refractivity contribution is 0.0518. The topological polar surface area (TPSA) is 59.2 Å². The van der Waals surface area contributed by atoms with Gasteiger partial charge in [0, 0.05) is 9.86 Å². The Hall–Kier alpha value is -1.62. The molecule has 0 saturated heterocycles. The van der Waals surface area contributed by atoms with Gasteiger partial charge in [0.25, 0.3) is 0 Å². The molecule has 1 N–H and O–H groups in total. The molecule has 0 saturated carbocycles. The van der Waals surface area contributed by atoms with E-state index in [9.17, 15) is 9.59 Å². The van der Waals surface area contributed by atoms with Crippen molar-refractivity contribution in [3.05, 3.63) is 33.4 Å². The van der Waals surface area contributed by atoms with E-state index in [1.54, 1.807) is 6.92 Å². The third kappa shape index (κ3) is 3.18. The highest BCUT2D eigenvalue weighted by Gasteiger charge is 2.20. The summed E-state index contributed by atoms with van der Waals surface area (Å²) in [6, 6.07) is 4.00. The molecule has 0 atom stereocenters. The van der Waals surface area contributed by atoms with Crippen LogP contribution in [0.15, 0.2) is 16.6 Å². The summed E-state index contributed by atoms with van der Waals surface area (Å²) >= 11 is 3.51. The lowest BCUT2D eigenvalue weighted by atomic mass is 10.0. The first-order chi connectivity index (χ1) is 10.1. The minimum Gasteiger partial charge on any atom is -0.461 e. The zero-order chi connectivity index (χ0) is 15.4. The number of fused-ring (bicyclic) bond motifs is 1. The van der Waals surface area contributed by atoms with Gasteiger partial charge in [0.15, 0.2) is 6.29 Å². The molecule has 5 heteroatoms. The van der Waals surface area contributed by atoms with Crippen molar-refractivity contribution in [2.24, 2.45) is 0 Å². The molecule has 0 amide bonds. The van der Waals surface area contributed by atoms with Gasteiger partial charge in [0.1, 0.15) is 5.69 Å². The molecule has 112 valence electrons. The summed E-state index contributed by atoms with van der Waals surface area (Å²) in [5, 5.41) is 0.758. The van der Waals surface area contributed by atoms with Crippen LogP contribution < -0.4 is 0 Å². The number of aromatic nitrogens is 1. The fraction of sp³-hybridized carbons (Fsp3) is 0.375. The fourth-order valence-electron chi connectivity index (χ4n) is 2.34. The molecule has 4 nitrogen and oxygen atoms in total. The summed E-state index contributed by atoms with van der Waals surface area (Å²) in [7, 11) is 0.